The van der Waals surface area contributed by atoms with Crippen molar-refractivity contribution in [1.29, 1.82) is 0 Å². The Balaban J connectivity index is 1.53. The molecule has 0 aromatic heterocycles. The minimum absolute atomic E-state index is 0.142. The largest absolute Gasteiger partial charge is 0.487 e. The number of fused-ring (bicyclic) bond motifs is 1. The molecule has 1 aliphatic heterocycles. The fourth-order valence-electron chi connectivity index (χ4n) is 5.21. The standard InChI is InChI=1S/C30H41N5O5/c1-20-17-35(21(2)19-36)28(37)25-16-24(32-29(38)31-22-10-6-4-7-11-22)14-15-26(25)40-27(20)18-34(3)30(39)33-23-12-8-5-9-13-23/h5,8-9,12-16,20-22,27,36H,4,6-7,10-11,17-19H2,1-3H3,(H,33,39)(H2,31,32,38)/t20-,21+,27+/m1/s1. The number of aliphatic hydroxyl groups is 1. The zero-order chi connectivity index (χ0) is 28.6. The predicted octanol–water partition coefficient (Wildman–Crippen LogP) is 4.52. The number of anilines is 2. The van der Waals surface area contributed by atoms with Crippen LogP contribution in [0.3, 0.4) is 0 Å². The van der Waals surface area contributed by atoms with Crippen molar-refractivity contribution >= 4 is 29.3 Å². The van der Waals surface area contributed by atoms with Crippen molar-refractivity contribution in [3.8, 4) is 5.75 Å². The molecule has 10 nitrogen and oxygen atoms in total. The molecule has 10 heteroatoms. The number of carbonyl (C=O) groups is 3. The molecule has 5 amide bonds. The number of nitrogens with one attached hydrogen (secondary N) is 3. The van der Waals surface area contributed by atoms with E-state index in [-0.39, 0.29) is 43.1 Å². The first-order chi connectivity index (χ1) is 19.2. The van der Waals surface area contributed by atoms with Gasteiger partial charge in [0.25, 0.3) is 5.91 Å². The van der Waals surface area contributed by atoms with E-state index in [0.29, 0.717) is 29.2 Å². The van der Waals surface area contributed by atoms with Crippen molar-refractivity contribution in [2.45, 2.75) is 64.1 Å². The van der Waals surface area contributed by atoms with Gasteiger partial charge in [0.2, 0.25) is 0 Å². The number of aliphatic hydroxyl groups excluding tert-OH is 1. The third-order valence-electron chi connectivity index (χ3n) is 7.69. The van der Waals surface area contributed by atoms with Gasteiger partial charge < -0.3 is 35.6 Å². The highest BCUT2D eigenvalue weighted by molar-refractivity contribution is 5.99. The number of urea groups is 2. The van der Waals surface area contributed by atoms with E-state index in [0.717, 1.165) is 25.7 Å². The number of amides is 5. The molecule has 2 aromatic rings. The van der Waals surface area contributed by atoms with Gasteiger partial charge in [0.15, 0.2) is 0 Å². The number of para-hydroxylation sites is 1. The topological polar surface area (TPSA) is 123 Å². The van der Waals surface area contributed by atoms with Crippen LogP contribution < -0.4 is 20.7 Å². The lowest BCUT2D eigenvalue weighted by Gasteiger charge is -2.38. The van der Waals surface area contributed by atoms with E-state index in [1.165, 1.54) is 6.42 Å². The minimum atomic E-state index is -0.430. The highest BCUT2D eigenvalue weighted by Crippen LogP contribution is 2.31. The first-order valence-corrected chi connectivity index (χ1v) is 14.1. The molecule has 4 N–H and O–H groups in total. The Bertz CT molecular complexity index is 1170. The number of nitrogens with zero attached hydrogens (tertiary/aromatic N) is 2. The van der Waals surface area contributed by atoms with E-state index >= 15 is 0 Å². The Hall–Kier alpha value is -3.79. The third kappa shape index (κ3) is 7.44. The summed E-state index contributed by atoms with van der Waals surface area (Å²) in [6.45, 7) is 4.17. The van der Waals surface area contributed by atoms with Crippen molar-refractivity contribution in [2.75, 3.05) is 37.4 Å². The Morgan fingerprint density at radius 1 is 1.07 bits per heavy atom. The smallest absolute Gasteiger partial charge is 0.321 e. The highest BCUT2D eigenvalue weighted by atomic mass is 16.5. The fraction of sp³-hybridized carbons (Fsp3) is 0.500. The molecule has 0 bridgehead atoms. The molecule has 40 heavy (non-hydrogen) atoms. The second-order valence-corrected chi connectivity index (χ2v) is 10.9. The number of carbonyl (C=O) groups excluding carboxylic acids is 3. The van der Waals surface area contributed by atoms with Gasteiger partial charge >= 0.3 is 12.1 Å². The number of benzene rings is 2. The molecule has 2 aliphatic rings. The van der Waals surface area contributed by atoms with Crippen LogP contribution in [0.5, 0.6) is 5.75 Å². The van der Waals surface area contributed by atoms with Crippen LogP contribution in [0.4, 0.5) is 21.0 Å². The summed E-state index contributed by atoms with van der Waals surface area (Å²) in [5.41, 5.74) is 1.46. The number of hydrogen-bond donors (Lipinski definition) is 4. The zero-order valence-corrected chi connectivity index (χ0v) is 23.6. The first kappa shape index (κ1) is 29.2. The van der Waals surface area contributed by atoms with Crippen molar-refractivity contribution in [2.24, 2.45) is 5.92 Å². The van der Waals surface area contributed by atoms with E-state index < -0.39 is 12.1 Å². The molecular formula is C30H41N5O5. The molecule has 0 unspecified atom stereocenters. The maximum absolute atomic E-state index is 13.7. The minimum Gasteiger partial charge on any atom is -0.487 e. The Labute approximate surface area is 236 Å². The Kier molecular flexibility index (Phi) is 9.87. The molecule has 216 valence electrons. The maximum Gasteiger partial charge on any atom is 0.321 e. The molecule has 1 aliphatic carbocycles. The van der Waals surface area contributed by atoms with Crippen molar-refractivity contribution in [3.05, 3.63) is 54.1 Å². The van der Waals surface area contributed by atoms with Crippen LogP contribution in [0.2, 0.25) is 0 Å². The van der Waals surface area contributed by atoms with Crippen LogP contribution in [-0.2, 0) is 0 Å². The van der Waals surface area contributed by atoms with Gasteiger partial charge in [0.1, 0.15) is 11.9 Å². The molecule has 1 heterocycles. The summed E-state index contributed by atoms with van der Waals surface area (Å²) in [5.74, 6) is -0.0580. The molecule has 1 fully saturated rings. The summed E-state index contributed by atoms with van der Waals surface area (Å²) in [5, 5.41) is 18.7. The lowest BCUT2D eigenvalue weighted by Crippen LogP contribution is -2.50. The van der Waals surface area contributed by atoms with Gasteiger partial charge in [-0.1, -0.05) is 44.4 Å². The summed E-state index contributed by atoms with van der Waals surface area (Å²) >= 11 is 0. The van der Waals surface area contributed by atoms with E-state index in [1.807, 2.05) is 37.3 Å². The number of likely N-dealkylation sites (N-methyl/N-ethyl adjacent to an activating group) is 1. The van der Waals surface area contributed by atoms with Crippen LogP contribution >= 0.6 is 0 Å². The van der Waals surface area contributed by atoms with E-state index in [9.17, 15) is 19.5 Å². The first-order valence-electron chi connectivity index (χ1n) is 14.1. The number of rotatable bonds is 7. The van der Waals surface area contributed by atoms with Crippen LogP contribution in [0, 0.1) is 5.92 Å². The normalized spacial score (nSPS) is 20.3. The number of ether oxygens (including phenoxy) is 1. The molecule has 0 spiro atoms. The molecule has 2 aromatic carbocycles. The summed E-state index contributed by atoms with van der Waals surface area (Å²) in [4.78, 5) is 42.4. The lowest BCUT2D eigenvalue weighted by atomic mass is 9.96. The van der Waals surface area contributed by atoms with Gasteiger partial charge in [-0.3, -0.25) is 4.79 Å². The SMILES string of the molecule is C[C@@H]1CN([C@@H](C)CO)C(=O)c2cc(NC(=O)NC3CCCCC3)ccc2O[C@H]1CN(C)C(=O)Nc1ccccc1. The fourth-order valence-corrected chi connectivity index (χ4v) is 5.21. The quantitative estimate of drug-likeness (QED) is 0.403. The summed E-state index contributed by atoms with van der Waals surface area (Å²) < 4.78 is 6.37. The molecule has 0 saturated heterocycles. The van der Waals surface area contributed by atoms with Gasteiger partial charge in [-0.25, -0.2) is 9.59 Å². The maximum atomic E-state index is 13.7. The second-order valence-electron chi connectivity index (χ2n) is 10.9. The van der Waals surface area contributed by atoms with Gasteiger partial charge in [0, 0.05) is 36.9 Å². The van der Waals surface area contributed by atoms with Gasteiger partial charge in [-0.2, -0.15) is 0 Å². The highest BCUT2D eigenvalue weighted by Gasteiger charge is 2.34. The van der Waals surface area contributed by atoms with E-state index in [1.54, 1.807) is 42.0 Å². The van der Waals surface area contributed by atoms with Crippen molar-refractivity contribution < 1.29 is 24.2 Å². The van der Waals surface area contributed by atoms with Gasteiger partial charge in [-0.15, -0.1) is 0 Å². The van der Waals surface area contributed by atoms with Crippen molar-refractivity contribution in [3.63, 3.8) is 0 Å². The van der Waals surface area contributed by atoms with E-state index in [2.05, 4.69) is 16.0 Å². The molecular weight excluding hydrogens is 510 g/mol. The van der Waals surface area contributed by atoms with E-state index in [4.69, 9.17) is 4.74 Å². The summed E-state index contributed by atoms with van der Waals surface area (Å²) in [7, 11) is 1.70. The second kappa shape index (κ2) is 13.5. The average Bonchev–Trinajstić information content (AvgIpc) is 2.95. The van der Waals surface area contributed by atoms with Crippen LogP contribution in [0.15, 0.2) is 48.5 Å². The van der Waals surface area contributed by atoms with Crippen LogP contribution in [0.25, 0.3) is 0 Å². The Morgan fingerprint density at radius 2 is 1.80 bits per heavy atom. The molecule has 1 saturated carbocycles. The predicted molar refractivity (Wildman–Crippen MR) is 155 cm³/mol. The summed E-state index contributed by atoms with van der Waals surface area (Å²) in [6, 6.07) is 13.4. The monoisotopic (exact) mass is 551 g/mol. The molecule has 4 rings (SSSR count). The molecule has 3 atom stereocenters. The van der Waals surface area contributed by atoms with Gasteiger partial charge in [0.05, 0.1) is 24.8 Å². The molecule has 0 radical (unpaired) electrons. The van der Waals surface area contributed by atoms with Gasteiger partial charge in [-0.05, 0) is 50.1 Å². The van der Waals surface area contributed by atoms with Crippen LogP contribution in [-0.4, -0.2) is 77.8 Å². The third-order valence-corrected chi connectivity index (χ3v) is 7.69. The Morgan fingerprint density at radius 3 is 2.50 bits per heavy atom. The number of hydrogen-bond acceptors (Lipinski definition) is 5. The van der Waals surface area contributed by atoms with Crippen molar-refractivity contribution in [1.82, 2.24) is 15.1 Å². The van der Waals surface area contributed by atoms with Crippen LogP contribution in [0.1, 0.15) is 56.3 Å². The lowest BCUT2D eigenvalue weighted by molar-refractivity contribution is 0.0371. The zero-order valence-electron chi connectivity index (χ0n) is 23.6. The average molecular weight is 552 g/mol. The summed E-state index contributed by atoms with van der Waals surface area (Å²) in [6.07, 6.45) is 4.92.